The monoisotopic (exact) mass is 434 g/mol. The Labute approximate surface area is 178 Å². The summed E-state index contributed by atoms with van der Waals surface area (Å²) >= 11 is 9.04. The highest BCUT2D eigenvalue weighted by Gasteiger charge is 2.18. The number of thiophene rings is 1. The van der Waals surface area contributed by atoms with E-state index in [0.29, 0.717) is 17.3 Å². The average molecular weight is 435 g/mol. The van der Waals surface area contributed by atoms with E-state index in [1.54, 1.807) is 11.3 Å². The van der Waals surface area contributed by atoms with Crippen LogP contribution >= 0.6 is 34.7 Å². The molecule has 5 nitrogen and oxygen atoms in total. The molecule has 28 heavy (non-hydrogen) atoms. The molecule has 0 aliphatic rings. The first kappa shape index (κ1) is 20.9. The molecule has 0 spiro atoms. The molecule has 1 aromatic carbocycles. The summed E-state index contributed by atoms with van der Waals surface area (Å²) in [5, 5.41) is 15.3. The Balaban J connectivity index is 1.63. The topological polar surface area (TPSA) is 59.8 Å². The Morgan fingerprint density at radius 1 is 1.25 bits per heavy atom. The van der Waals surface area contributed by atoms with E-state index < -0.39 is 0 Å². The lowest BCUT2D eigenvalue weighted by atomic mass is 10.1. The molecule has 3 aromatic rings. The maximum atomic E-state index is 12.2. The summed E-state index contributed by atoms with van der Waals surface area (Å²) in [4.78, 5) is 13.5. The van der Waals surface area contributed by atoms with Gasteiger partial charge < -0.3 is 9.88 Å². The number of nitrogens with one attached hydrogen (secondary N) is 1. The zero-order valence-electron chi connectivity index (χ0n) is 16.2. The van der Waals surface area contributed by atoms with E-state index in [4.69, 9.17) is 11.6 Å². The summed E-state index contributed by atoms with van der Waals surface area (Å²) < 4.78 is 2.08. The number of thioether (sulfide) groups is 1. The van der Waals surface area contributed by atoms with Crippen molar-refractivity contribution in [3.05, 3.63) is 50.7 Å². The van der Waals surface area contributed by atoms with Crippen LogP contribution in [0.2, 0.25) is 5.02 Å². The molecule has 0 fully saturated rings. The van der Waals surface area contributed by atoms with E-state index in [-0.39, 0.29) is 5.91 Å². The third-order valence-electron chi connectivity index (χ3n) is 4.47. The van der Waals surface area contributed by atoms with Gasteiger partial charge in [0.15, 0.2) is 11.0 Å². The summed E-state index contributed by atoms with van der Waals surface area (Å²) in [6.45, 7) is 7.61. The fourth-order valence-corrected chi connectivity index (χ4v) is 4.87. The first-order chi connectivity index (χ1) is 13.5. The molecule has 0 saturated heterocycles. The van der Waals surface area contributed by atoms with Gasteiger partial charge in [-0.15, -0.1) is 21.5 Å². The molecule has 0 saturated carbocycles. The van der Waals surface area contributed by atoms with Crippen molar-refractivity contribution >= 4 is 40.6 Å². The molecule has 0 radical (unpaired) electrons. The average Bonchev–Trinajstić information content (AvgIpc) is 3.27. The van der Waals surface area contributed by atoms with Gasteiger partial charge in [0.2, 0.25) is 5.91 Å². The molecule has 2 aromatic heterocycles. The number of carbonyl (C=O) groups excluding carboxylic acids is 1. The van der Waals surface area contributed by atoms with E-state index in [1.165, 1.54) is 22.2 Å². The number of hydrogen-bond donors (Lipinski definition) is 1. The zero-order chi connectivity index (χ0) is 20.1. The fraction of sp³-hybridized carbons (Fsp3) is 0.350. The predicted octanol–water partition coefficient (Wildman–Crippen LogP) is 4.96. The number of nitrogens with zero attached hydrogens (tertiary/aromatic N) is 3. The number of aryl methyl sites for hydroxylation is 1. The number of aromatic nitrogens is 3. The van der Waals surface area contributed by atoms with Gasteiger partial charge in [0.25, 0.3) is 0 Å². The Hall–Kier alpha value is -1.83. The summed E-state index contributed by atoms with van der Waals surface area (Å²) in [5.41, 5.74) is 3.49. The molecule has 8 heteroatoms. The molecular formula is C20H23ClN4OS2. The van der Waals surface area contributed by atoms with E-state index in [2.05, 4.69) is 46.2 Å². The molecule has 0 aliphatic heterocycles. The van der Waals surface area contributed by atoms with Crippen molar-refractivity contribution in [2.45, 2.75) is 45.4 Å². The summed E-state index contributed by atoms with van der Waals surface area (Å²) in [7, 11) is 0. The van der Waals surface area contributed by atoms with Gasteiger partial charge in [-0.05, 0) is 43.5 Å². The molecule has 0 unspecified atom stereocenters. The summed E-state index contributed by atoms with van der Waals surface area (Å²) in [6.07, 6.45) is 0.969. The second-order valence-corrected chi connectivity index (χ2v) is 8.74. The second kappa shape index (κ2) is 9.58. The van der Waals surface area contributed by atoms with Crippen molar-refractivity contribution in [1.29, 1.82) is 0 Å². The van der Waals surface area contributed by atoms with Crippen molar-refractivity contribution in [1.82, 2.24) is 20.1 Å². The van der Waals surface area contributed by atoms with E-state index in [0.717, 1.165) is 35.1 Å². The Morgan fingerprint density at radius 2 is 2.00 bits per heavy atom. The van der Waals surface area contributed by atoms with Crippen LogP contribution in [0.15, 0.2) is 34.8 Å². The van der Waals surface area contributed by atoms with E-state index in [1.807, 2.05) is 24.3 Å². The number of benzene rings is 1. The highest BCUT2D eigenvalue weighted by Crippen LogP contribution is 2.32. The van der Waals surface area contributed by atoms with Crippen molar-refractivity contribution < 1.29 is 4.79 Å². The van der Waals surface area contributed by atoms with Gasteiger partial charge in [0, 0.05) is 33.9 Å². The Kier molecular flexibility index (Phi) is 7.15. The van der Waals surface area contributed by atoms with Gasteiger partial charge >= 0.3 is 0 Å². The molecule has 148 valence electrons. The van der Waals surface area contributed by atoms with Crippen LogP contribution < -0.4 is 5.32 Å². The Morgan fingerprint density at radius 3 is 2.68 bits per heavy atom. The van der Waals surface area contributed by atoms with Crippen molar-refractivity contribution in [2.75, 3.05) is 5.75 Å². The molecule has 1 amide bonds. The normalized spacial score (nSPS) is 11.0. The molecule has 0 atom stereocenters. The van der Waals surface area contributed by atoms with E-state index in [9.17, 15) is 4.79 Å². The maximum Gasteiger partial charge on any atom is 0.230 e. The van der Waals surface area contributed by atoms with Crippen molar-refractivity contribution in [3.8, 4) is 11.4 Å². The van der Waals surface area contributed by atoms with Crippen LogP contribution in [0.5, 0.6) is 0 Å². The molecule has 3 rings (SSSR count). The van der Waals surface area contributed by atoms with Crippen LogP contribution in [-0.4, -0.2) is 26.4 Å². The number of hydrogen-bond acceptors (Lipinski definition) is 5. The second-order valence-electron chi connectivity index (χ2n) is 6.28. The maximum absolute atomic E-state index is 12.2. The third-order valence-corrected chi connectivity index (χ3v) is 6.64. The number of halogens is 1. The number of carbonyl (C=O) groups is 1. The molecule has 0 aliphatic carbocycles. The van der Waals surface area contributed by atoms with Gasteiger partial charge in [0.05, 0.1) is 5.75 Å². The number of amides is 1. The van der Waals surface area contributed by atoms with Crippen molar-refractivity contribution in [3.63, 3.8) is 0 Å². The van der Waals surface area contributed by atoms with Crippen LogP contribution in [0.3, 0.4) is 0 Å². The minimum absolute atomic E-state index is 0.0345. The van der Waals surface area contributed by atoms with Gasteiger partial charge in [0.1, 0.15) is 0 Å². The van der Waals surface area contributed by atoms with Gasteiger partial charge in [-0.3, -0.25) is 4.79 Å². The van der Waals surface area contributed by atoms with Crippen molar-refractivity contribution in [2.24, 2.45) is 0 Å². The summed E-state index contributed by atoms with van der Waals surface area (Å²) in [5.74, 6) is 1.15. The summed E-state index contributed by atoms with van der Waals surface area (Å²) in [6, 6.07) is 7.45. The van der Waals surface area contributed by atoms with Gasteiger partial charge in [-0.25, -0.2) is 0 Å². The third kappa shape index (κ3) is 4.77. The highest BCUT2D eigenvalue weighted by molar-refractivity contribution is 7.99. The SMILES string of the molecule is CCc1c(-c2nnc(SCC(=O)NCc3ccc(Cl)cc3)n2CC)csc1C. The smallest absolute Gasteiger partial charge is 0.230 e. The molecule has 0 bridgehead atoms. The standard InChI is InChI=1S/C20H23ClN4OS2/c1-4-16-13(3)27-11-17(16)19-23-24-20(25(19)5-2)28-12-18(26)22-10-14-6-8-15(21)9-7-14/h6-9,11H,4-5,10,12H2,1-3H3,(H,22,26). The van der Waals surface area contributed by atoms with Crippen LogP contribution in [0.25, 0.3) is 11.4 Å². The lowest BCUT2D eigenvalue weighted by Crippen LogP contribution is -2.24. The quantitative estimate of drug-likeness (QED) is 0.509. The lowest BCUT2D eigenvalue weighted by Gasteiger charge is -2.08. The zero-order valence-corrected chi connectivity index (χ0v) is 18.5. The highest BCUT2D eigenvalue weighted by atomic mass is 35.5. The molecular weight excluding hydrogens is 412 g/mol. The van der Waals surface area contributed by atoms with Crippen LogP contribution in [0.1, 0.15) is 29.9 Å². The fourth-order valence-electron chi connectivity index (χ4n) is 2.97. The first-order valence-corrected chi connectivity index (χ1v) is 11.4. The Bertz CT molecular complexity index is 950. The minimum Gasteiger partial charge on any atom is -0.351 e. The first-order valence-electron chi connectivity index (χ1n) is 9.17. The molecule has 2 heterocycles. The lowest BCUT2D eigenvalue weighted by molar-refractivity contribution is -0.118. The molecule has 1 N–H and O–H groups in total. The predicted molar refractivity (Wildman–Crippen MR) is 117 cm³/mol. The van der Waals surface area contributed by atoms with Gasteiger partial charge in [-0.2, -0.15) is 0 Å². The van der Waals surface area contributed by atoms with Gasteiger partial charge in [-0.1, -0.05) is 42.4 Å². The van der Waals surface area contributed by atoms with Crippen LogP contribution in [-0.2, 0) is 24.3 Å². The van der Waals surface area contributed by atoms with Crippen LogP contribution in [0.4, 0.5) is 0 Å². The largest absolute Gasteiger partial charge is 0.351 e. The number of rotatable bonds is 8. The van der Waals surface area contributed by atoms with E-state index >= 15 is 0 Å². The van der Waals surface area contributed by atoms with Crippen LogP contribution in [0, 0.1) is 6.92 Å². The minimum atomic E-state index is -0.0345.